The zero-order valence-corrected chi connectivity index (χ0v) is 18.8. The SMILES string of the molecule is CCCCCCCCCc1ccc(OC(=O)c2ccc(OCCCCC)cc2)cc1. The van der Waals surface area contributed by atoms with Crippen LogP contribution >= 0.6 is 0 Å². The number of hydrogen-bond acceptors (Lipinski definition) is 3. The lowest BCUT2D eigenvalue weighted by molar-refractivity contribution is 0.0734. The smallest absolute Gasteiger partial charge is 0.343 e. The third-order valence-corrected chi connectivity index (χ3v) is 5.31. The summed E-state index contributed by atoms with van der Waals surface area (Å²) in [7, 11) is 0. The Labute approximate surface area is 182 Å². The fourth-order valence-electron chi connectivity index (χ4n) is 3.41. The predicted molar refractivity (Wildman–Crippen MR) is 125 cm³/mol. The first-order valence-electron chi connectivity index (χ1n) is 11.8. The minimum absolute atomic E-state index is 0.340. The van der Waals surface area contributed by atoms with Gasteiger partial charge in [0.05, 0.1) is 12.2 Å². The summed E-state index contributed by atoms with van der Waals surface area (Å²) >= 11 is 0. The van der Waals surface area contributed by atoms with E-state index in [4.69, 9.17) is 9.47 Å². The Morgan fingerprint density at radius 3 is 1.90 bits per heavy atom. The summed E-state index contributed by atoms with van der Waals surface area (Å²) in [5, 5.41) is 0. The van der Waals surface area contributed by atoms with Gasteiger partial charge in [0.25, 0.3) is 0 Å². The first-order chi connectivity index (χ1) is 14.7. The fraction of sp³-hybridized carbons (Fsp3) is 0.519. The standard InChI is InChI=1S/C27H38O3/c1-3-5-7-8-9-10-11-13-23-14-18-26(19-15-23)30-27(28)24-16-20-25(21-17-24)29-22-12-6-4-2/h14-21H,3-13,22H2,1-2H3. The van der Waals surface area contributed by atoms with Gasteiger partial charge in [0.1, 0.15) is 11.5 Å². The first kappa shape index (κ1) is 24.0. The highest BCUT2D eigenvalue weighted by Gasteiger charge is 2.09. The molecule has 0 aliphatic rings. The molecule has 0 bridgehead atoms. The van der Waals surface area contributed by atoms with Gasteiger partial charge in [-0.05, 0) is 61.2 Å². The van der Waals surface area contributed by atoms with Crippen molar-refractivity contribution < 1.29 is 14.3 Å². The molecule has 0 N–H and O–H groups in total. The van der Waals surface area contributed by atoms with Gasteiger partial charge >= 0.3 is 5.97 Å². The van der Waals surface area contributed by atoms with Crippen LogP contribution in [0.3, 0.4) is 0 Å². The summed E-state index contributed by atoms with van der Waals surface area (Å²) in [6, 6.07) is 15.1. The highest BCUT2D eigenvalue weighted by molar-refractivity contribution is 5.91. The van der Waals surface area contributed by atoms with Crippen LogP contribution < -0.4 is 9.47 Å². The Morgan fingerprint density at radius 1 is 0.667 bits per heavy atom. The number of aryl methyl sites for hydroxylation is 1. The first-order valence-corrected chi connectivity index (χ1v) is 11.8. The molecule has 0 fully saturated rings. The van der Waals surface area contributed by atoms with Crippen molar-refractivity contribution in [2.24, 2.45) is 0 Å². The van der Waals surface area contributed by atoms with Crippen LogP contribution in [0.1, 0.15) is 94.0 Å². The van der Waals surface area contributed by atoms with Crippen LogP contribution in [0.5, 0.6) is 11.5 Å². The van der Waals surface area contributed by atoms with Crippen LogP contribution in [0.2, 0.25) is 0 Å². The molecule has 3 heteroatoms. The predicted octanol–water partition coefficient (Wildman–Crippen LogP) is 7.77. The average molecular weight is 411 g/mol. The highest BCUT2D eigenvalue weighted by Crippen LogP contribution is 2.18. The molecule has 0 saturated carbocycles. The third kappa shape index (κ3) is 9.47. The van der Waals surface area contributed by atoms with Crippen LogP contribution in [-0.4, -0.2) is 12.6 Å². The normalized spacial score (nSPS) is 10.7. The monoisotopic (exact) mass is 410 g/mol. The second-order valence-electron chi connectivity index (χ2n) is 7.98. The molecule has 0 aliphatic carbocycles. The number of carbonyl (C=O) groups is 1. The molecule has 2 aromatic carbocycles. The van der Waals surface area contributed by atoms with Gasteiger partial charge in [-0.25, -0.2) is 4.79 Å². The molecule has 0 spiro atoms. The minimum atomic E-state index is -0.340. The van der Waals surface area contributed by atoms with E-state index in [1.54, 1.807) is 12.1 Å². The Morgan fingerprint density at radius 2 is 1.23 bits per heavy atom. The van der Waals surface area contributed by atoms with Crippen molar-refractivity contribution in [1.29, 1.82) is 0 Å². The summed E-state index contributed by atoms with van der Waals surface area (Å²) < 4.78 is 11.2. The summed E-state index contributed by atoms with van der Waals surface area (Å²) in [5.74, 6) is 1.04. The molecule has 30 heavy (non-hydrogen) atoms. The molecule has 0 aromatic heterocycles. The molecule has 0 radical (unpaired) electrons. The molecule has 0 heterocycles. The summed E-state index contributed by atoms with van der Waals surface area (Å²) in [6.07, 6.45) is 13.7. The molecule has 0 unspecified atom stereocenters. The fourth-order valence-corrected chi connectivity index (χ4v) is 3.41. The van der Waals surface area contributed by atoms with Gasteiger partial charge in [0.2, 0.25) is 0 Å². The lowest BCUT2D eigenvalue weighted by atomic mass is 10.0. The molecule has 0 atom stereocenters. The largest absolute Gasteiger partial charge is 0.494 e. The van der Waals surface area contributed by atoms with Gasteiger partial charge < -0.3 is 9.47 Å². The second kappa shape index (κ2) is 14.7. The van der Waals surface area contributed by atoms with E-state index in [9.17, 15) is 4.79 Å². The van der Waals surface area contributed by atoms with E-state index in [1.807, 2.05) is 24.3 Å². The number of unbranched alkanes of at least 4 members (excludes halogenated alkanes) is 8. The lowest BCUT2D eigenvalue weighted by Crippen LogP contribution is -2.08. The van der Waals surface area contributed by atoms with Crippen molar-refractivity contribution in [2.75, 3.05) is 6.61 Å². The van der Waals surface area contributed by atoms with Crippen molar-refractivity contribution in [3.63, 3.8) is 0 Å². The van der Waals surface area contributed by atoms with Gasteiger partial charge in [-0.3, -0.25) is 0 Å². The van der Waals surface area contributed by atoms with E-state index < -0.39 is 0 Å². The number of esters is 1. The number of ether oxygens (including phenoxy) is 2. The Bertz CT molecular complexity index is 704. The number of carbonyl (C=O) groups excluding carboxylic acids is 1. The summed E-state index contributed by atoms with van der Waals surface area (Å²) in [6.45, 7) is 5.13. The van der Waals surface area contributed by atoms with E-state index in [0.717, 1.165) is 18.6 Å². The molecule has 0 aliphatic heterocycles. The average Bonchev–Trinajstić information content (AvgIpc) is 2.77. The maximum absolute atomic E-state index is 12.4. The van der Waals surface area contributed by atoms with Crippen LogP contribution in [0.4, 0.5) is 0 Å². The van der Waals surface area contributed by atoms with Crippen molar-refractivity contribution in [2.45, 2.75) is 84.5 Å². The zero-order valence-electron chi connectivity index (χ0n) is 18.8. The summed E-state index contributed by atoms with van der Waals surface area (Å²) in [4.78, 5) is 12.4. The zero-order chi connectivity index (χ0) is 21.4. The number of rotatable bonds is 15. The maximum atomic E-state index is 12.4. The molecular weight excluding hydrogens is 372 g/mol. The van der Waals surface area contributed by atoms with Gasteiger partial charge in [0.15, 0.2) is 0 Å². The quantitative estimate of drug-likeness (QED) is 0.171. The minimum Gasteiger partial charge on any atom is -0.494 e. The molecule has 3 nitrogen and oxygen atoms in total. The van der Waals surface area contributed by atoms with Gasteiger partial charge in [-0.1, -0.05) is 77.3 Å². The van der Waals surface area contributed by atoms with Crippen molar-refractivity contribution in [1.82, 2.24) is 0 Å². The van der Waals surface area contributed by atoms with Gasteiger partial charge in [0, 0.05) is 0 Å². The van der Waals surface area contributed by atoms with Crippen molar-refractivity contribution >= 4 is 5.97 Å². The van der Waals surface area contributed by atoms with E-state index in [0.29, 0.717) is 17.9 Å². The Kier molecular flexibility index (Phi) is 11.7. The van der Waals surface area contributed by atoms with E-state index in [1.165, 1.54) is 63.4 Å². The van der Waals surface area contributed by atoms with Crippen molar-refractivity contribution in [3.05, 3.63) is 59.7 Å². The molecule has 2 aromatic rings. The summed E-state index contributed by atoms with van der Waals surface area (Å²) in [5.41, 5.74) is 1.83. The third-order valence-electron chi connectivity index (χ3n) is 5.31. The van der Waals surface area contributed by atoms with Gasteiger partial charge in [-0.15, -0.1) is 0 Å². The lowest BCUT2D eigenvalue weighted by Gasteiger charge is -2.08. The number of benzene rings is 2. The topological polar surface area (TPSA) is 35.5 Å². The maximum Gasteiger partial charge on any atom is 0.343 e. The van der Waals surface area contributed by atoms with Crippen LogP contribution in [0, 0.1) is 0 Å². The molecule has 164 valence electrons. The van der Waals surface area contributed by atoms with Crippen LogP contribution in [0.25, 0.3) is 0 Å². The van der Waals surface area contributed by atoms with E-state index in [2.05, 4.69) is 26.0 Å². The molecule has 0 saturated heterocycles. The van der Waals surface area contributed by atoms with Gasteiger partial charge in [-0.2, -0.15) is 0 Å². The highest BCUT2D eigenvalue weighted by atomic mass is 16.5. The number of hydrogen-bond donors (Lipinski definition) is 0. The van der Waals surface area contributed by atoms with Crippen LogP contribution in [0.15, 0.2) is 48.5 Å². The second-order valence-corrected chi connectivity index (χ2v) is 7.98. The molecule has 2 rings (SSSR count). The Balaban J connectivity index is 1.71. The van der Waals surface area contributed by atoms with E-state index >= 15 is 0 Å². The Hall–Kier alpha value is -2.29. The van der Waals surface area contributed by atoms with Crippen molar-refractivity contribution in [3.8, 4) is 11.5 Å². The molecule has 0 amide bonds. The molecular formula is C27H38O3. The van der Waals surface area contributed by atoms with Crippen LogP contribution in [-0.2, 0) is 6.42 Å². The van der Waals surface area contributed by atoms with E-state index in [-0.39, 0.29) is 5.97 Å².